The summed E-state index contributed by atoms with van der Waals surface area (Å²) >= 11 is 0. The fourth-order valence-electron chi connectivity index (χ4n) is 4.30. The van der Waals surface area contributed by atoms with Crippen LogP contribution in [0.3, 0.4) is 0 Å². The van der Waals surface area contributed by atoms with E-state index in [4.69, 9.17) is 11.5 Å². The molecule has 29 heavy (non-hydrogen) atoms. The van der Waals surface area contributed by atoms with E-state index in [2.05, 4.69) is 97.1 Å². The molecule has 3 aromatic carbocycles. The number of hydrogen-bond acceptors (Lipinski definition) is 2. The van der Waals surface area contributed by atoms with Crippen molar-refractivity contribution in [1.29, 1.82) is 0 Å². The number of allylic oxidation sites excluding steroid dienone is 4. The fourth-order valence-corrected chi connectivity index (χ4v) is 4.30. The Bertz CT molecular complexity index is 970. The van der Waals surface area contributed by atoms with Gasteiger partial charge in [0.1, 0.15) is 0 Å². The van der Waals surface area contributed by atoms with Gasteiger partial charge in [-0.2, -0.15) is 0 Å². The molecule has 0 fully saturated rings. The van der Waals surface area contributed by atoms with Crippen molar-refractivity contribution in [2.45, 2.75) is 25.4 Å². The zero-order valence-electron chi connectivity index (χ0n) is 16.7. The second kappa shape index (κ2) is 9.04. The van der Waals surface area contributed by atoms with Gasteiger partial charge < -0.3 is 11.5 Å². The van der Waals surface area contributed by atoms with Gasteiger partial charge in [-0.3, -0.25) is 0 Å². The predicted octanol–water partition coefficient (Wildman–Crippen LogP) is 5.09. The maximum absolute atomic E-state index is 5.94. The first-order chi connectivity index (χ1) is 14.3. The van der Waals surface area contributed by atoms with E-state index in [1.807, 2.05) is 0 Å². The maximum Gasteiger partial charge on any atom is 0.0190 e. The van der Waals surface area contributed by atoms with Gasteiger partial charge in [-0.1, -0.05) is 103 Å². The molecule has 0 spiro atoms. The summed E-state index contributed by atoms with van der Waals surface area (Å²) in [5.41, 5.74) is 19.6. The third-order valence-corrected chi connectivity index (χ3v) is 5.76. The van der Waals surface area contributed by atoms with Gasteiger partial charge in [-0.25, -0.2) is 0 Å². The van der Waals surface area contributed by atoms with Crippen LogP contribution in [-0.4, -0.2) is 0 Å². The molecule has 2 heteroatoms. The van der Waals surface area contributed by atoms with E-state index in [0.717, 1.165) is 17.5 Å². The third-order valence-electron chi connectivity index (χ3n) is 5.76. The lowest BCUT2D eigenvalue weighted by Gasteiger charge is -2.27. The van der Waals surface area contributed by atoms with Crippen molar-refractivity contribution in [2.75, 3.05) is 0 Å². The molecule has 0 radical (unpaired) electrons. The predicted molar refractivity (Wildman–Crippen MR) is 121 cm³/mol. The Morgan fingerprint density at radius 2 is 1.28 bits per heavy atom. The van der Waals surface area contributed by atoms with Gasteiger partial charge in [0.25, 0.3) is 0 Å². The Morgan fingerprint density at radius 1 is 0.690 bits per heavy atom. The monoisotopic (exact) mass is 380 g/mol. The summed E-state index contributed by atoms with van der Waals surface area (Å²) in [4.78, 5) is 0. The van der Waals surface area contributed by atoms with Gasteiger partial charge >= 0.3 is 0 Å². The summed E-state index contributed by atoms with van der Waals surface area (Å²) in [7, 11) is 0. The van der Waals surface area contributed by atoms with E-state index in [1.165, 1.54) is 22.3 Å². The van der Waals surface area contributed by atoms with E-state index >= 15 is 0 Å². The van der Waals surface area contributed by atoms with E-state index in [9.17, 15) is 0 Å². The van der Waals surface area contributed by atoms with Crippen LogP contribution in [0.2, 0.25) is 0 Å². The highest BCUT2D eigenvalue weighted by Crippen LogP contribution is 2.41. The van der Waals surface area contributed by atoms with Crippen molar-refractivity contribution < 1.29 is 0 Å². The van der Waals surface area contributed by atoms with Crippen LogP contribution in [0.1, 0.15) is 33.7 Å². The van der Waals surface area contributed by atoms with Crippen molar-refractivity contribution in [3.63, 3.8) is 0 Å². The second-order valence-corrected chi connectivity index (χ2v) is 7.69. The van der Waals surface area contributed by atoms with Crippen LogP contribution in [0.5, 0.6) is 0 Å². The lowest BCUT2D eigenvalue weighted by atomic mass is 9.76. The van der Waals surface area contributed by atoms with E-state index in [1.54, 1.807) is 0 Å². The molecule has 0 saturated carbocycles. The van der Waals surface area contributed by atoms with Crippen molar-refractivity contribution in [1.82, 2.24) is 0 Å². The summed E-state index contributed by atoms with van der Waals surface area (Å²) in [6.07, 6.45) is 7.79. The van der Waals surface area contributed by atoms with Crippen LogP contribution < -0.4 is 11.5 Å². The molecule has 3 aromatic rings. The number of benzene rings is 3. The SMILES string of the molecule is NCc1cccc(C(c2cccc(CN)c2)C2C=CC=C2Cc2ccccc2)c1. The summed E-state index contributed by atoms with van der Waals surface area (Å²) in [5, 5.41) is 0. The molecular weight excluding hydrogens is 352 g/mol. The molecule has 4 N–H and O–H groups in total. The topological polar surface area (TPSA) is 52.0 Å². The van der Waals surface area contributed by atoms with Gasteiger partial charge in [-0.15, -0.1) is 0 Å². The minimum atomic E-state index is 0.238. The van der Waals surface area contributed by atoms with Crippen molar-refractivity contribution in [2.24, 2.45) is 17.4 Å². The highest BCUT2D eigenvalue weighted by molar-refractivity contribution is 5.44. The minimum Gasteiger partial charge on any atom is -0.326 e. The van der Waals surface area contributed by atoms with E-state index in [0.29, 0.717) is 19.0 Å². The molecule has 0 bridgehead atoms. The molecule has 2 nitrogen and oxygen atoms in total. The lowest BCUT2D eigenvalue weighted by molar-refractivity contribution is 0.643. The number of nitrogens with two attached hydrogens (primary N) is 2. The molecular formula is C27H28N2. The number of hydrogen-bond donors (Lipinski definition) is 2. The summed E-state index contributed by atoms with van der Waals surface area (Å²) < 4.78 is 0. The third kappa shape index (κ3) is 4.40. The van der Waals surface area contributed by atoms with Crippen molar-refractivity contribution in [3.05, 3.63) is 130 Å². The van der Waals surface area contributed by atoms with E-state index < -0.39 is 0 Å². The largest absolute Gasteiger partial charge is 0.326 e. The van der Waals surface area contributed by atoms with Gasteiger partial charge in [0.2, 0.25) is 0 Å². The van der Waals surface area contributed by atoms with Crippen molar-refractivity contribution >= 4 is 0 Å². The molecule has 4 rings (SSSR count). The molecule has 1 aliphatic rings. The van der Waals surface area contributed by atoms with Gasteiger partial charge in [0.15, 0.2) is 0 Å². The van der Waals surface area contributed by atoms with Crippen LogP contribution >= 0.6 is 0 Å². The molecule has 0 amide bonds. The standard InChI is InChI=1S/C27H28N2/c28-18-21-9-4-12-24(16-21)27(25-13-5-10-22(17-25)19-29)26-14-6-11-23(26)15-20-7-2-1-3-8-20/h1-14,16-17,26-27H,15,18-19,28-29H2. The average Bonchev–Trinajstić information content (AvgIpc) is 3.22. The Kier molecular flexibility index (Phi) is 6.04. The average molecular weight is 381 g/mol. The van der Waals surface area contributed by atoms with Crippen LogP contribution in [0.4, 0.5) is 0 Å². The fraction of sp³-hybridized carbons (Fsp3) is 0.185. The summed E-state index contributed by atoms with van der Waals surface area (Å²) in [5.74, 6) is 0.554. The number of rotatable bonds is 7. The smallest absolute Gasteiger partial charge is 0.0190 e. The Labute approximate surface area is 173 Å². The Morgan fingerprint density at radius 3 is 1.86 bits per heavy atom. The first kappa shape index (κ1) is 19.4. The zero-order valence-corrected chi connectivity index (χ0v) is 16.7. The normalized spacial score (nSPS) is 15.7. The molecule has 1 unspecified atom stereocenters. The molecule has 1 aliphatic carbocycles. The first-order valence-corrected chi connectivity index (χ1v) is 10.3. The maximum atomic E-state index is 5.94. The molecule has 0 aliphatic heterocycles. The molecule has 0 saturated heterocycles. The molecule has 0 aromatic heterocycles. The van der Waals surface area contributed by atoms with Crippen LogP contribution in [-0.2, 0) is 19.5 Å². The lowest BCUT2D eigenvalue weighted by Crippen LogP contribution is -2.16. The Hall–Kier alpha value is -2.94. The van der Waals surface area contributed by atoms with E-state index in [-0.39, 0.29) is 5.92 Å². The second-order valence-electron chi connectivity index (χ2n) is 7.69. The minimum absolute atomic E-state index is 0.238. The first-order valence-electron chi connectivity index (χ1n) is 10.3. The van der Waals surface area contributed by atoms with Crippen LogP contribution in [0.25, 0.3) is 0 Å². The van der Waals surface area contributed by atoms with Gasteiger partial charge in [0, 0.05) is 24.9 Å². The Balaban J connectivity index is 1.75. The van der Waals surface area contributed by atoms with Crippen molar-refractivity contribution in [3.8, 4) is 0 Å². The zero-order chi connectivity index (χ0) is 20.1. The molecule has 1 atom stereocenters. The van der Waals surface area contributed by atoms with Crippen LogP contribution in [0.15, 0.2) is 103 Å². The highest BCUT2D eigenvalue weighted by Gasteiger charge is 2.28. The summed E-state index contributed by atoms with van der Waals surface area (Å²) in [6, 6.07) is 28.1. The summed E-state index contributed by atoms with van der Waals surface area (Å²) in [6.45, 7) is 1.10. The van der Waals surface area contributed by atoms with Gasteiger partial charge in [-0.05, 0) is 34.2 Å². The quantitative estimate of drug-likeness (QED) is 0.600. The van der Waals surface area contributed by atoms with Crippen LogP contribution in [0, 0.1) is 5.92 Å². The molecule has 146 valence electrons. The van der Waals surface area contributed by atoms with Gasteiger partial charge in [0.05, 0.1) is 0 Å². The molecule has 0 heterocycles. The highest BCUT2D eigenvalue weighted by atomic mass is 14.5.